The molecule has 1 rings (SSSR count). The summed E-state index contributed by atoms with van der Waals surface area (Å²) >= 11 is 5.28. The second-order valence-electron chi connectivity index (χ2n) is 1.14. The van der Waals surface area contributed by atoms with Crippen LogP contribution in [-0.2, 0) is 0 Å². The molecule has 0 aliphatic carbocycles. The summed E-state index contributed by atoms with van der Waals surface area (Å²) in [6, 6.07) is 1.69. The minimum absolute atomic E-state index is 0.0125. The molecule has 0 unspecified atom stereocenters. The molecule has 0 N–H and O–H groups in total. The smallest absolute Gasteiger partial charge is 0.195 e. The molecule has 5 heteroatoms. The second-order valence-corrected chi connectivity index (χ2v) is 1.48. The Bertz CT molecular complexity index is 253. The summed E-state index contributed by atoms with van der Waals surface area (Å²) in [6.07, 6.45) is 2.16. The number of nitriles is 1. The molecule has 9 heavy (non-hydrogen) atoms. The van der Waals surface area contributed by atoms with Crippen LogP contribution in [0.1, 0.15) is 5.82 Å². The summed E-state index contributed by atoms with van der Waals surface area (Å²) in [5.41, 5.74) is 0. The fraction of sp³-hybridized carbons (Fsp3) is 0. The zero-order valence-electron chi connectivity index (χ0n) is 4.17. The van der Waals surface area contributed by atoms with E-state index in [4.69, 9.17) is 16.9 Å². The van der Waals surface area contributed by atoms with E-state index in [-0.39, 0.29) is 11.1 Å². The summed E-state index contributed by atoms with van der Waals surface area (Å²) in [5, 5.41) is 8.17. The molecule has 0 saturated heterocycles. The van der Waals surface area contributed by atoms with E-state index in [1.807, 2.05) is 0 Å². The third kappa shape index (κ3) is 1.34. The van der Waals surface area contributed by atoms with Crippen LogP contribution >= 0.6 is 11.6 Å². The van der Waals surface area contributed by atoms with Crippen LogP contribution in [0, 0.1) is 17.7 Å². The van der Waals surface area contributed by atoms with Crippen molar-refractivity contribution in [3.8, 4) is 6.07 Å². The first-order chi connectivity index (χ1) is 4.33. The van der Waals surface area contributed by atoms with E-state index in [0.29, 0.717) is 0 Å². The zero-order valence-corrected chi connectivity index (χ0v) is 4.92. The van der Waals surface area contributed by atoms with Gasteiger partial charge in [0.1, 0.15) is 6.07 Å². The minimum Gasteiger partial charge on any atom is -0.195 e. The Morgan fingerprint density at radius 1 is 1.56 bits per heavy atom. The largest absolute Gasteiger partial charge is 0.237 e. The molecule has 0 saturated carbocycles. The monoisotopic (exact) mass is 139 g/mol. The highest BCUT2D eigenvalue weighted by Crippen LogP contribution is 1.94. The molecule has 0 amide bonds. The molecule has 43 valence electrons. The van der Waals surface area contributed by atoms with Crippen molar-refractivity contribution in [3.63, 3.8) is 0 Å². The van der Waals surface area contributed by atoms with Gasteiger partial charge in [-0.3, -0.25) is 0 Å². The lowest BCUT2D eigenvalue weighted by molar-refractivity contribution is 1.00. The third-order valence-corrected chi connectivity index (χ3v) is 0.765. The quantitative estimate of drug-likeness (QED) is 0.515. The normalized spacial score (nSPS) is 8.44. The molecule has 1 heterocycles. The average Bonchev–Trinajstić information content (AvgIpc) is 1.88. The van der Waals surface area contributed by atoms with Gasteiger partial charge >= 0.3 is 0 Å². The molecule has 0 aliphatic heterocycles. The van der Waals surface area contributed by atoms with Crippen LogP contribution in [0.4, 0.5) is 0 Å². The van der Waals surface area contributed by atoms with Gasteiger partial charge < -0.3 is 0 Å². The van der Waals surface area contributed by atoms with Crippen molar-refractivity contribution in [3.05, 3.63) is 17.4 Å². The SMILES string of the molecule is N#Cc1n[c]nc(Cl)n1. The highest BCUT2D eigenvalue weighted by atomic mass is 35.5. The zero-order chi connectivity index (χ0) is 6.69. The van der Waals surface area contributed by atoms with Gasteiger partial charge in [0.2, 0.25) is 17.4 Å². The standard InChI is InChI=1S/C4ClN4/c5-4-8-2-7-3(1-6)9-4. The lowest BCUT2D eigenvalue weighted by Gasteiger charge is -1.83. The molecule has 1 aromatic rings. The second kappa shape index (κ2) is 2.37. The highest BCUT2D eigenvalue weighted by Gasteiger charge is 1.93. The molecule has 1 radical (unpaired) electrons. The van der Waals surface area contributed by atoms with E-state index >= 15 is 0 Å². The summed E-state index contributed by atoms with van der Waals surface area (Å²) in [6.45, 7) is 0. The number of halogens is 1. The van der Waals surface area contributed by atoms with Gasteiger partial charge in [-0.25, -0.2) is 0 Å². The van der Waals surface area contributed by atoms with Crippen LogP contribution in [0.15, 0.2) is 0 Å². The maximum absolute atomic E-state index is 8.18. The van der Waals surface area contributed by atoms with Crippen molar-refractivity contribution in [2.24, 2.45) is 0 Å². The van der Waals surface area contributed by atoms with Crippen molar-refractivity contribution < 1.29 is 0 Å². The molecule has 0 aliphatic rings. The van der Waals surface area contributed by atoms with E-state index in [0.717, 1.165) is 0 Å². The van der Waals surface area contributed by atoms with Crippen LogP contribution in [0.5, 0.6) is 0 Å². The molecular weight excluding hydrogens is 140 g/mol. The molecule has 0 bridgehead atoms. The number of hydrogen-bond donors (Lipinski definition) is 0. The maximum Gasteiger partial charge on any atom is 0.237 e. The van der Waals surface area contributed by atoms with E-state index < -0.39 is 0 Å². The molecule has 1 aromatic heterocycles. The van der Waals surface area contributed by atoms with E-state index in [1.165, 1.54) is 0 Å². The molecule has 4 nitrogen and oxygen atoms in total. The summed E-state index contributed by atoms with van der Waals surface area (Å²) in [7, 11) is 0. The number of hydrogen-bond acceptors (Lipinski definition) is 4. The fourth-order valence-corrected chi connectivity index (χ4v) is 0.419. The number of nitrogens with zero attached hydrogens (tertiary/aromatic N) is 4. The van der Waals surface area contributed by atoms with Crippen LogP contribution in [0.25, 0.3) is 0 Å². The lowest BCUT2D eigenvalue weighted by atomic mass is 10.7. The molecule has 0 atom stereocenters. The maximum atomic E-state index is 8.18. The Labute approximate surface area is 56.2 Å². The van der Waals surface area contributed by atoms with Gasteiger partial charge in [-0.15, -0.1) is 0 Å². The van der Waals surface area contributed by atoms with Crippen LogP contribution in [0.2, 0.25) is 5.28 Å². The first-order valence-electron chi connectivity index (χ1n) is 2.00. The van der Waals surface area contributed by atoms with Gasteiger partial charge in [-0.2, -0.15) is 20.2 Å². The summed E-state index contributed by atoms with van der Waals surface area (Å²) in [5.74, 6) is -0.0185. The van der Waals surface area contributed by atoms with Gasteiger partial charge in [-0.1, -0.05) is 0 Å². The van der Waals surface area contributed by atoms with E-state index in [9.17, 15) is 0 Å². The minimum atomic E-state index is -0.0185. The molecule has 0 spiro atoms. The van der Waals surface area contributed by atoms with Crippen molar-refractivity contribution in [2.45, 2.75) is 0 Å². The third-order valence-electron chi connectivity index (χ3n) is 0.596. The Morgan fingerprint density at radius 2 is 2.33 bits per heavy atom. The first kappa shape index (κ1) is 5.92. The van der Waals surface area contributed by atoms with Crippen LogP contribution in [-0.4, -0.2) is 15.0 Å². The van der Waals surface area contributed by atoms with E-state index in [1.54, 1.807) is 6.07 Å². The molecular formula is C4ClN4. The van der Waals surface area contributed by atoms with Crippen LogP contribution in [0.3, 0.4) is 0 Å². The topological polar surface area (TPSA) is 62.5 Å². The lowest BCUT2D eigenvalue weighted by Crippen LogP contribution is -1.90. The van der Waals surface area contributed by atoms with Gasteiger partial charge in [-0.05, 0) is 11.6 Å². The molecule has 0 fully saturated rings. The van der Waals surface area contributed by atoms with Crippen LogP contribution < -0.4 is 0 Å². The fourth-order valence-electron chi connectivity index (χ4n) is 0.301. The predicted octanol–water partition coefficient (Wildman–Crippen LogP) is 0.197. The van der Waals surface area contributed by atoms with Crippen molar-refractivity contribution >= 4 is 11.6 Å². The van der Waals surface area contributed by atoms with Crippen molar-refractivity contribution in [1.29, 1.82) is 5.26 Å². The van der Waals surface area contributed by atoms with Crippen molar-refractivity contribution in [2.75, 3.05) is 0 Å². The Hall–Kier alpha value is -1.21. The Balaban J connectivity index is 3.12. The number of aromatic nitrogens is 3. The predicted molar refractivity (Wildman–Crippen MR) is 28.4 cm³/mol. The van der Waals surface area contributed by atoms with Gasteiger partial charge in [0.15, 0.2) is 0 Å². The highest BCUT2D eigenvalue weighted by molar-refractivity contribution is 6.28. The van der Waals surface area contributed by atoms with Gasteiger partial charge in [0, 0.05) is 0 Å². The van der Waals surface area contributed by atoms with E-state index in [2.05, 4.69) is 21.3 Å². The summed E-state index contributed by atoms with van der Waals surface area (Å²) in [4.78, 5) is 10.2. The Kier molecular flexibility index (Phi) is 1.56. The average molecular weight is 140 g/mol. The van der Waals surface area contributed by atoms with Crippen molar-refractivity contribution in [1.82, 2.24) is 15.0 Å². The van der Waals surface area contributed by atoms with Gasteiger partial charge in [0.25, 0.3) is 0 Å². The first-order valence-corrected chi connectivity index (χ1v) is 2.38. The number of rotatable bonds is 0. The van der Waals surface area contributed by atoms with Gasteiger partial charge in [0.05, 0.1) is 0 Å². The molecule has 0 aromatic carbocycles. The summed E-state index contributed by atoms with van der Waals surface area (Å²) < 4.78 is 0. The Morgan fingerprint density at radius 3 is 2.78 bits per heavy atom.